The molecule has 3 rings (SSSR count). The molecule has 2 aromatic rings. The average Bonchev–Trinajstić information content (AvgIpc) is 2.91. The average molecular weight is 238 g/mol. The Morgan fingerprint density at radius 3 is 2.50 bits per heavy atom. The van der Waals surface area contributed by atoms with E-state index in [1.807, 2.05) is 24.3 Å². The zero-order chi connectivity index (χ0) is 12.4. The van der Waals surface area contributed by atoms with Crippen LogP contribution in [0.4, 0.5) is 0 Å². The van der Waals surface area contributed by atoms with Crippen LogP contribution in [0.2, 0.25) is 0 Å². The minimum atomic E-state index is 0.313. The van der Waals surface area contributed by atoms with Gasteiger partial charge in [0.05, 0.1) is 0 Å². The van der Waals surface area contributed by atoms with Crippen molar-refractivity contribution >= 4 is 16.6 Å². The van der Waals surface area contributed by atoms with E-state index in [4.69, 9.17) is 0 Å². The van der Waals surface area contributed by atoms with Gasteiger partial charge in [-0.2, -0.15) is 0 Å². The number of hydrogen-bond acceptors (Lipinski definition) is 1. The van der Waals surface area contributed by atoms with Crippen molar-refractivity contribution in [2.24, 2.45) is 5.92 Å². The third-order valence-electron chi connectivity index (χ3n) is 4.02. The Morgan fingerprint density at radius 1 is 1.00 bits per heavy atom. The molecule has 1 heteroatoms. The van der Waals surface area contributed by atoms with Crippen LogP contribution in [-0.4, -0.2) is 5.78 Å². The first-order valence-electron chi connectivity index (χ1n) is 6.85. The highest BCUT2D eigenvalue weighted by Crippen LogP contribution is 2.29. The lowest BCUT2D eigenvalue weighted by Crippen LogP contribution is -2.05. The summed E-state index contributed by atoms with van der Waals surface area (Å²) in [6, 6.07) is 14.3. The topological polar surface area (TPSA) is 17.1 Å². The van der Waals surface area contributed by atoms with Crippen molar-refractivity contribution in [2.45, 2.75) is 32.1 Å². The third-order valence-corrected chi connectivity index (χ3v) is 4.02. The van der Waals surface area contributed by atoms with Gasteiger partial charge in [0.2, 0.25) is 0 Å². The molecule has 0 bridgehead atoms. The minimum Gasteiger partial charge on any atom is -0.294 e. The molecule has 1 aliphatic rings. The molecule has 0 amide bonds. The Balaban J connectivity index is 1.82. The van der Waals surface area contributed by atoms with E-state index in [2.05, 4.69) is 18.2 Å². The molecule has 92 valence electrons. The van der Waals surface area contributed by atoms with Crippen LogP contribution in [0.5, 0.6) is 0 Å². The molecule has 0 aromatic heterocycles. The molecule has 0 unspecified atom stereocenters. The molecular formula is C17H18O. The van der Waals surface area contributed by atoms with Gasteiger partial charge in [-0.25, -0.2) is 0 Å². The minimum absolute atomic E-state index is 0.313. The number of rotatable bonds is 3. The summed E-state index contributed by atoms with van der Waals surface area (Å²) in [5, 5.41) is 2.37. The first kappa shape index (κ1) is 11.5. The molecule has 0 heterocycles. The maximum Gasteiger partial charge on any atom is 0.163 e. The summed E-state index contributed by atoms with van der Waals surface area (Å²) < 4.78 is 0. The van der Waals surface area contributed by atoms with Crippen LogP contribution in [-0.2, 0) is 0 Å². The van der Waals surface area contributed by atoms with Crippen molar-refractivity contribution in [3.05, 3.63) is 48.0 Å². The highest BCUT2D eigenvalue weighted by atomic mass is 16.1. The Kier molecular flexibility index (Phi) is 3.14. The van der Waals surface area contributed by atoms with Gasteiger partial charge in [-0.3, -0.25) is 4.79 Å². The number of ketones is 1. The lowest BCUT2D eigenvalue weighted by Gasteiger charge is -2.08. The Bertz CT molecular complexity index is 565. The smallest absolute Gasteiger partial charge is 0.163 e. The molecule has 1 saturated carbocycles. The van der Waals surface area contributed by atoms with Crippen LogP contribution in [0.1, 0.15) is 42.5 Å². The van der Waals surface area contributed by atoms with Gasteiger partial charge < -0.3 is 0 Å². The summed E-state index contributed by atoms with van der Waals surface area (Å²) in [4.78, 5) is 12.2. The first-order chi connectivity index (χ1) is 8.83. The monoisotopic (exact) mass is 238 g/mol. The van der Waals surface area contributed by atoms with Gasteiger partial charge in [0.1, 0.15) is 0 Å². The highest BCUT2D eigenvalue weighted by molar-refractivity contribution is 6.00. The quantitative estimate of drug-likeness (QED) is 0.714. The second kappa shape index (κ2) is 4.93. The van der Waals surface area contributed by atoms with E-state index in [9.17, 15) is 4.79 Å². The number of hydrogen-bond donors (Lipinski definition) is 0. The van der Waals surface area contributed by atoms with E-state index in [1.165, 1.54) is 31.1 Å². The van der Waals surface area contributed by atoms with Crippen molar-refractivity contribution in [2.75, 3.05) is 0 Å². The zero-order valence-corrected chi connectivity index (χ0v) is 10.6. The van der Waals surface area contributed by atoms with Gasteiger partial charge in [-0.15, -0.1) is 0 Å². The van der Waals surface area contributed by atoms with Gasteiger partial charge in [0.15, 0.2) is 5.78 Å². The third kappa shape index (κ3) is 2.31. The van der Waals surface area contributed by atoms with E-state index in [0.717, 1.165) is 17.4 Å². The summed E-state index contributed by atoms with van der Waals surface area (Å²) >= 11 is 0. The van der Waals surface area contributed by atoms with Gasteiger partial charge in [0.25, 0.3) is 0 Å². The highest BCUT2D eigenvalue weighted by Gasteiger charge is 2.19. The van der Waals surface area contributed by atoms with Gasteiger partial charge in [-0.05, 0) is 22.8 Å². The van der Waals surface area contributed by atoms with Crippen molar-refractivity contribution < 1.29 is 4.79 Å². The SMILES string of the molecule is O=C(CC1CCCC1)c1ccc2ccccc2c1. The van der Waals surface area contributed by atoms with Gasteiger partial charge in [0, 0.05) is 12.0 Å². The molecule has 2 aromatic carbocycles. The van der Waals surface area contributed by atoms with E-state index < -0.39 is 0 Å². The van der Waals surface area contributed by atoms with Crippen LogP contribution >= 0.6 is 0 Å². The second-order valence-corrected chi connectivity index (χ2v) is 5.34. The summed E-state index contributed by atoms with van der Waals surface area (Å²) in [6.45, 7) is 0. The number of benzene rings is 2. The molecule has 1 nitrogen and oxygen atoms in total. The molecule has 0 atom stereocenters. The molecule has 0 spiro atoms. The molecule has 1 fully saturated rings. The predicted octanol–water partition coefficient (Wildman–Crippen LogP) is 4.60. The molecule has 0 radical (unpaired) electrons. The van der Waals surface area contributed by atoms with Crippen LogP contribution in [0, 0.1) is 5.92 Å². The van der Waals surface area contributed by atoms with E-state index >= 15 is 0 Å². The molecule has 18 heavy (non-hydrogen) atoms. The molecule has 0 aliphatic heterocycles. The Labute approximate surface area is 108 Å². The molecular weight excluding hydrogens is 220 g/mol. The van der Waals surface area contributed by atoms with E-state index in [0.29, 0.717) is 11.7 Å². The summed E-state index contributed by atoms with van der Waals surface area (Å²) in [7, 11) is 0. The number of Topliss-reactive ketones (excluding diaryl/α,β-unsaturated/α-hetero) is 1. The fourth-order valence-electron chi connectivity index (χ4n) is 2.96. The van der Waals surface area contributed by atoms with Crippen molar-refractivity contribution in [3.8, 4) is 0 Å². The number of carbonyl (C=O) groups is 1. The first-order valence-corrected chi connectivity index (χ1v) is 6.85. The maximum absolute atomic E-state index is 12.2. The molecule has 0 N–H and O–H groups in total. The molecule has 0 saturated heterocycles. The van der Waals surface area contributed by atoms with E-state index in [-0.39, 0.29) is 0 Å². The fourth-order valence-corrected chi connectivity index (χ4v) is 2.96. The van der Waals surface area contributed by atoms with Crippen molar-refractivity contribution in [3.63, 3.8) is 0 Å². The zero-order valence-electron chi connectivity index (χ0n) is 10.6. The largest absolute Gasteiger partial charge is 0.294 e. The van der Waals surface area contributed by atoms with Crippen LogP contribution < -0.4 is 0 Å². The van der Waals surface area contributed by atoms with Gasteiger partial charge in [-0.1, -0.05) is 62.1 Å². The Hall–Kier alpha value is -1.63. The fraction of sp³-hybridized carbons (Fsp3) is 0.353. The van der Waals surface area contributed by atoms with Crippen LogP contribution in [0.25, 0.3) is 10.8 Å². The summed E-state index contributed by atoms with van der Waals surface area (Å²) in [5.41, 5.74) is 0.876. The lowest BCUT2D eigenvalue weighted by atomic mass is 9.96. The Morgan fingerprint density at radius 2 is 1.72 bits per heavy atom. The normalized spacial score (nSPS) is 16.2. The van der Waals surface area contributed by atoms with Crippen LogP contribution in [0.15, 0.2) is 42.5 Å². The summed E-state index contributed by atoms with van der Waals surface area (Å²) in [6.07, 6.45) is 5.81. The maximum atomic E-state index is 12.2. The lowest BCUT2D eigenvalue weighted by molar-refractivity contribution is 0.0962. The van der Waals surface area contributed by atoms with Crippen LogP contribution in [0.3, 0.4) is 0 Å². The van der Waals surface area contributed by atoms with E-state index in [1.54, 1.807) is 0 Å². The second-order valence-electron chi connectivity index (χ2n) is 5.34. The number of fused-ring (bicyclic) bond motifs is 1. The predicted molar refractivity (Wildman–Crippen MR) is 74.9 cm³/mol. The number of carbonyl (C=O) groups excluding carboxylic acids is 1. The molecule has 1 aliphatic carbocycles. The standard InChI is InChI=1S/C17H18O/c18-17(11-13-5-1-2-6-13)16-10-9-14-7-3-4-8-15(14)12-16/h3-4,7-10,12-13H,1-2,5-6,11H2. The van der Waals surface area contributed by atoms with Crippen molar-refractivity contribution in [1.29, 1.82) is 0 Å². The van der Waals surface area contributed by atoms with Crippen molar-refractivity contribution in [1.82, 2.24) is 0 Å². The summed E-state index contributed by atoms with van der Waals surface area (Å²) in [5.74, 6) is 0.941. The van der Waals surface area contributed by atoms with Gasteiger partial charge >= 0.3 is 0 Å².